The van der Waals surface area contributed by atoms with Crippen molar-refractivity contribution < 1.29 is 19.0 Å². The summed E-state index contributed by atoms with van der Waals surface area (Å²) in [5.41, 5.74) is 1.26. The Hall–Kier alpha value is -1.62. The third-order valence-corrected chi connectivity index (χ3v) is 4.43. The van der Waals surface area contributed by atoms with Crippen LogP contribution < -0.4 is 9.47 Å². The van der Waals surface area contributed by atoms with Crippen molar-refractivity contribution in [3.05, 3.63) is 56.5 Å². The van der Waals surface area contributed by atoms with Crippen LogP contribution in [-0.2, 0) is 22.6 Å². The van der Waals surface area contributed by atoms with E-state index in [1.807, 2.05) is 0 Å². The van der Waals surface area contributed by atoms with Gasteiger partial charge in [-0.1, -0.05) is 40.9 Å². The highest BCUT2D eigenvalue weighted by Crippen LogP contribution is 2.38. The van der Waals surface area contributed by atoms with Crippen molar-refractivity contribution in [1.29, 1.82) is 0 Å². The van der Waals surface area contributed by atoms with Crippen LogP contribution in [-0.4, -0.2) is 19.2 Å². The summed E-state index contributed by atoms with van der Waals surface area (Å²) in [6.45, 7) is 0.981. The molecule has 0 aromatic heterocycles. The van der Waals surface area contributed by atoms with Crippen molar-refractivity contribution >= 4 is 40.8 Å². The third-order valence-electron chi connectivity index (χ3n) is 3.44. The first-order chi connectivity index (χ1) is 11.5. The first-order valence-corrected chi connectivity index (χ1v) is 8.34. The lowest BCUT2D eigenvalue weighted by atomic mass is 10.1. The Labute approximate surface area is 154 Å². The second kappa shape index (κ2) is 7.51. The van der Waals surface area contributed by atoms with Crippen LogP contribution in [0.3, 0.4) is 0 Å². The molecule has 0 unspecified atom stereocenters. The second-order valence-electron chi connectivity index (χ2n) is 5.14. The van der Waals surface area contributed by atoms with Gasteiger partial charge in [0.2, 0.25) is 0 Å². The number of fused-ring (bicyclic) bond motifs is 1. The predicted molar refractivity (Wildman–Crippen MR) is 92.4 cm³/mol. The lowest BCUT2D eigenvalue weighted by Gasteiger charge is -2.20. The van der Waals surface area contributed by atoms with Crippen LogP contribution in [0.2, 0.25) is 15.1 Å². The average molecular weight is 388 g/mol. The summed E-state index contributed by atoms with van der Waals surface area (Å²) in [7, 11) is 0. The van der Waals surface area contributed by atoms with Crippen molar-refractivity contribution in [1.82, 2.24) is 0 Å². The summed E-state index contributed by atoms with van der Waals surface area (Å²) >= 11 is 18.3. The van der Waals surface area contributed by atoms with Crippen molar-refractivity contribution in [2.24, 2.45) is 0 Å². The van der Waals surface area contributed by atoms with Gasteiger partial charge in [0.1, 0.15) is 19.8 Å². The predicted octanol–water partition coefficient (Wildman–Crippen LogP) is 4.70. The molecular formula is C17H13Cl3O4. The third kappa shape index (κ3) is 3.89. The molecule has 0 saturated carbocycles. The van der Waals surface area contributed by atoms with Gasteiger partial charge in [-0.2, -0.15) is 0 Å². The number of carbonyl (C=O) groups excluding carboxylic acids is 1. The Morgan fingerprint density at radius 1 is 1.04 bits per heavy atom. The minimum absolute atomic E-state index is 0.00318. The van der Waals surface area contributed by atoms with Gasteiger partial charge in [-0.3, -0.25) is 4.79 Å². The number of rotatable bonds is 4. The number of ether oxygens (including phenoxy) is 3. The van der Waals surface area contributed by atoms with Crippen molar-refractivity contribution in [2.75, 3.05) is 13.2 Å². The first-order valence-electron chi connectivity index (χ1n) is 7.21. The summed E-state index contributed by atoms with van der Waals surface area (Å²) in [6, 6.07) is 8.50. The van der Waals surface area contributed by atoms with E-state index in [0.717, 1.165) is 0 Å². The van der Waals surface area contributed by atoms with Crippen LogP contribution in [0.1, 0.15) is 11.1 Å². The van der Waals surface area contributed by atoms with E-state index in [0.29, 0.717) is 50.9 Å². The molecule has 126 valence electrons. The zero-order valence-corrected chi connectivity index (χ0v) is 14.7. The van der Waals surface area contributed by atoms with Crippen LogP contribution in [0.15, 0.2) is 30.3 Å². The molecule has 0 radical (unpaired) electrons. The molecule has 1 aliphatic heterocycles. The summed E-state index contributed by atoms with van der Waals surface area (Å²) in [6.07, 6.45) is -0.00318. The standard InChI is InChI=1S/C17H13Cl3O4/c18-12-2-1-3-13(19)11(12)8-16(21)24-9-10-6-14(20)17-15(7-10)22-4-5-23-17/h1-3,6-7H,4-5,8-9H2. The smallest absolute Gasteiger partial charge is 0.310 e. The molecule has 2 aromatic rings. The highest BCUT2D eigenvalue weighted by atomic mass is 35.5. The van der Waals surface area contributed by atoms with Crippen LogP contribution in [0.5, 0.6) is 11.5 Å². The van der Waals surface area contributed by atoms with Crippen LogP contribution >= 0.6 is 34.8 Å². The van der Waals surface area contributed by atoms with Crippen LogP contribution in [0.4, 0.5) is 0 Å². The topological polar surface area (TPSA) is 44.8 Å². The normalized spacial score (nSPS) is 12.8. The number of hydrogen-bond donors (Lipinski definition) is 0. The summed E-state index contributed by atoms with van der Waals surface area (Å²) < 4.78 is 16.2. The van der Waals surface area contributed by atoms with E-state index in [1.54, 1.807) is 30.3 Å². The second-order valence-corrected chi connectivity index (χ2v) is 6.36. The van der Waals surface area contributed by atoms with E-state index in [2.05, 4.69) is 0 Å². The fraction of sp³-hybridized carbons (Fsp3) is 0.235. The van der Waals surface area contributed by atoms with Crippen molar-refractivity contribution in [3.63, 3.8) is 0 Å². The number of benzene rings is 2. The van der Waals surface area contributed by atoms with Gasteiger partial charge in [-0.15, -0.1) is 0 Å². The molecule has 0 atom stereocenters. The first kappa shape index (κ1) is 17.2. The average Bonchev–Trinajstić information content (AvgIpc) is 2.56. The number of hydrogen-bond acceptors (Lipinski definition) is 4. The lowest BCUT2D eigenvalue weighted by Crippen LogP contribution is -2.16. The van der Waals surface area contributed by atoms with Gasteiger partial charge < -0.3 is 14.2 Å². The molecule has 0 aliphatic carbocycles. The number of carbonyl (C=O) groups is 1. The van der Waals surface area contributed by atoms with E-state index < -0.39 is 5.97 Å². The quantitative estimate of drug-likeness (QED) is 0.713. The number of halogens is 3. The lowest BCUT2D eigenvalue weighted by molar-refractivity contribution is -0.144. The van der Waals surface area contributed by atoms with Gasteiger partial charge in [0, 0.05) is 15.6 Å². The maximum Gasteiger partial charge on any atom is 0.310 e. The summed E-state index contributed by atoms with van der Waals surface area (Å²) in [5, 5.41) is 1.29. The molecular weight excluding hydrogens is 375 g/mol. The van der Waals surface area contributed by atoms with Crippen molar-refractivity contribution in [3.8, 4) is 11.5 Å². The minimum Gasteiger partial charge on any atom is -0.486 e. The molecule has 0 bridgehead atoms. The van der Waals surface area contributed by atoms with Gasteiger partial charge in [-0.05, 0) is 29.8 Å². The Bertz CT molecular complexity index is 756. The molecule has 0 fully saturated rings. The Kier molecular flexibility index (Phi) is 5.39. The zero-order chi connectivity index (χ0) is 17.1. The van der Waals surface area contributed by atoms with Gasteiger partial charge in [0.05, 0.1) is 11.4 Å². The van der Waals surface area contributed by atoms with Crippen LogP contribution in [0.25, 0.3) is 0 Å². The molecule has 2 aromatic carbocycles. The monoisotopic (exact) mass is 386 g/mol. The molecule has 1 aliphatic rings. The molecule has 7 heteroatoms. The van der Waals surface area contributed by atoms with Gasteiger partial charge >= 0.3 is 5.97 Å². The molecule has 0 spiro atoms. The molecule has 1 heterocycles. The van der Waals surface area contributed by atoms with E-state index in [4.69, 9.17) is 49.0 Å². The van der Waals surface area contributed by atoms with E-state index in [1.165, 1.54) is 0 Å². The van der Waals surface area contributed by atoms with Gasteiger partial charge in [-0.25, -0.2) is 0 Å². The maximum absolute atomic E-state index is 12.0. The molecule has 0 N–H and O–H groups in total. The minimum atomic E-state index is -0.434. The Morgan fingerprint density at radius 2 is 1.75 bits per heavy atom. The molecule has 24 heavy (non-hydrogen) atoms. The highest BCUT2D eigenvalue weighted by molar-refractivity contribution is 6.36. The van der Waals surface area contributed by atoms with Gasteiger partial charge in [0.25, 0.3) is 0 Å². The molecule has 3 rings (SSSR count). The zero-order valence-electron chi connectivity index (χ0n) is 12.5. The van der Waals surface area contributed by atoms with E-state index in [9.17, 15) is 4.79 Å². The number of esters is 1. The van der Waals surface area contributed by atoms with E-state index in [-0.39, 0.29) is 13.0 Å². The van der Waals surface area contributed by atoms with Crippen molar-refractivity contribution in [2.45, 2.75) is 13.0 Å². The summed E-state index contributed by atoms with van der Waals surface area (Å²) in [4.78, 5) is 12.0. The van der Waals surface area contributed by atoms with E-state index >= 15 is 0 Å². The molecule has 0 amide bonds. The fourth-order valence-electron chi connectivity index (χ4n) is 2.31. The maximum atomic E-state index is 12.0. The highest BCUT2D eigenvalue weighted by Gasteiger charge is 2.18. The fourth-order valence-corrected chi connectivity index (χ4v) is 3.13. The van der Waals surface area contributed by atoms with Crippen LogP contribution in [0, 0.1) is 0 Å². The largest absolute Gasteiger partial charge is 0.486 e. The summed E-state index contributed by atoms with van der Waals surface area (Å²) in [5.74, 6) is 0.630. The van der Waals surface area contributed by atoms with Gasteiger partial charge in [0.15, 0.2) is 11.5 Å². The molecule has 0 saturated heterocycles. The SMILES string of the molecule is O=C(Cc1c(Cl)cccc1Cl)OCc1cc(Cl)c2c(c1)OCCO2. The Balaban J connectivity index is 1.65. The Morgan fingerprint density at radius 3 is 2.50 bits per heavy atom. The molecule has 4 nitrogen and oxygen atoms in total.